The van der Waals surface area contributed by atoms with Crippen molar-refractivity contribution in [1.29, 1.82) is 0 Å². The Kier molecular flexibility index (Phi) is 9.18. The maximum absolute atomic E-state index is 14.0. The minimum Gasteiger partial charge on any atom is -0.496 e. The van der Waals surface area contributed by atoms with E-state index in [9.17, 15) is 18.0 Å². The first kappa shape index (κ1) is 29.0. The normalized spacial score (nSPS) is 18.7. The lowest BCUT2D eigenvalue weighted by Gasteiger charge is -2.36. The summed E-state index contributed by atoms with van der Waals surface area (Å²) in [4.78, 5) is 16.1. The fourth-order valence-electron chi connectivity index (χ4n) is 5.76. The van der Waals surface area contributed by atoms with Crippen LogP contribution in [0.25, 0.3) is 0 Å². The third-order valence-corrected chi connectivity index (χ3v) is 8.29. The van der Waals surface area contributed by atoms with Gasteiger partial charge in [-0.25, -0.2) is 8.78 Å². The van der Waals surface area contributed by atoms with Crippen LogP contribution in [0.15, 0.2) is 54.6 Å². The van der Waals surface area contributed by atoms with E-state index in [4.69, 9.17) is 9.47 Å². The van der Waals surface area contributed by atoms with Crippen molar-refractivity contribution >= 4 is 5.91 Å². The topological polar surface area (TPSA) is 50.8 Å². The van der Waals surface area contributed by atoms with Crippen LogP contribution in [0.3, 0.4) is 0 Å². The molecule has 5 nitrogen and oxygen atoms in total. The summed E-state index contributed by atoms with van der Waals surface area (Å²) in [5.74, 6) is -3.03. The molecule has 0 radical (unpaired) electrons. The third kappa shape index (κ3) is 6.70. The average molecular weight is 567 g/mol. The summed E-state index contributed by atoms with van der Waals surface area (Å²) in [6.07, 6.45) is 4.12. The molecule has 1 amide bonds. The lowest BCUT2D eigenvalue weighted by atomic mass is 9.80. The number of hydrogen-bond donors (Lipinski definition) is 1. The number of hydrogen-bond acceptors (Lipinski definition) is 4. The van der Waals surface area contributed by atoms with E-state index >= 15 is 0 Å². The molecule has 1 aliphatic heterocycles. The summed E-state index contributed by atoms with van der Waals surface area (Å²) in [5, 5.41) is 3.44. The fourth-order valence-corrected chi connectivity index (χ4v) is 5.76. The second kappa shape index (κ2) is 13.0. The predicted molar refractivity (Wildman–Crippen MR) is 152 cm³/mol. The quantitative estimate of drug-likeness (QED) is 0.218. The second-order valence-corrected chi connectivity index (χ2v) is 11.0. The highest BCUT2D eigenvalue weighted by molar-refractivity contribution is 5.81. The largest absolute Gasteiger partial charge is 0.496 e. The van der Waals surface area contributed by atoms with Crippen molar-refractivity contribution in [3.8, 4) is 11.5 Å². The Morgan fingerprint density at radius 3 is 2.49 bits per heavy atom. The Morgan fingerprint density at radius 2 is 1.76 bits per heavy atom. The molecule has 0 spiro atoms. The zero-order valence-corrected chi connectivity index (χ0v) is 23.6. The summed E-state index contributed by atoms with van der Waals surface area (Å²) in [6.45, 7) is 4.20. The Labute approximate surface area is 239 Å². The van der Waals surface area contributed by atoms with Crippen molar-refractivity contribution in [2.45, 2.75) is 57.5 Å². The molecule has 41 heavy (non-hydrogen) atoms. The molecular formula is C33H37F3N2O3. The van der Waals surface area contributed by atoms with Gasteiger partial charge < -0.3 is 19.7 Å². The van der Waals surface area contributed by atoms with Crippen molar-refractivity contribution in [2.24, 2.45) is 5.92 Å². The molecule has 218 valence electrons. The molecule has 1 saturated heterocycles. The van der Waals surface area contributed by atoms with Crippen molar-refractivity contribution in [3.63, 3.8) is 0 Å². The molecular weight excluding hydrogens is 529 g/mol. The number of nitrogens with zero attached hydrogens (tertiary/aromatic N) is 1. The van der Waals surface area contributed by atoms with Gasteiger partial charge in [-0.05, 0) is 91.9 Å². The zero-order valence-electron chi connectivity index (χ0n) is 23.6. The monoisotopic (exact) mass is 566 g/mol. The summed E-state index contributed by atoms with van der Waals surface area (Å²) in [5.41, 5.74) is 4.38. The van der Waals surface area contributed by atoms with Gasteiger partial charge in [-0.3, -0.25) is 4.79 Å². The molecule has 1 aliphatic carbocycles. The van der Waals surface area contributed by atoms with Crippen LogP contribution in [0.1, 0.15) is 53.9 Å². The maximum atomic E-state index is 14.0. The third-order valence-electron chi connectivity index (χ3n) is 8.29. The summed E-state index contributed by atoms with van der Waals surface area (Å²) >= 11 is 0. The van der Waals surface area contributed by atoms with Crippen LogP contribution in [0.4, 0.5) is 13.2 Å². The first-order valence-electron chi connectivity index (χ1n) is 14.4. The van der Waals surface area contributed by atoms with Crippen molar-refractivity contribution in [1.82, 2.24) is 10.2 Å². The summed E-state index contributed by atoms with van der Waals surface area (Å²) in [7, 11) is 1.67. The average Bonchev–Trinajstić information content (AvgIpc) is 3.84. The van der Waals surface area contributed by atoms with E-state index in [-0.39, 0.29) is 30.4 Å². The molecule has 2 atom stereocenters. The number of aryl methyl sites for hydroxylation is 1. The van der Waals surface area contributed by atoms with Crippen LogP contribution in [0.2, 0.25) is 0 Å². The number of nitrogens with one attached hydrogen (secondary N) is 1. The molecule has 1 N–H and O–H groups in total. The Balaban J connectivity index is 1.22. The first-order chi connectivity index (χ1) is 19.9. The highest BCUT2D eigenvalue weighted by Gasteiger charge is 2.40. The van der Waals surface area contributed by atoms with Gasteiger partial charge in [-0.1, -0.05) is 36.4 Å². The Bertz CT molecular complexity index is 1360. The van der Waals surface area contributed by atoms with Crippen molar-refractivity contribution in [3.05, 3.63) is 94.3 Å². The van der Waals surface area contributed by atoms with E-state index in [0.29, 0.717) is 25.9 Å². The SMILES string of the molecule is COc1cccc(CN(C(=O)C2CNCCC2c2ccc(CCCOc3c(F)ccc(F)c3F)cc2)C2CC2)c1C. The standard InChI is InChI=1S/C33H37F3N2O3/c1-21-24(6-3-7-30(21)40-2)20-38(25-12-13-25)33(39)27-19-37-17-16-26(27)23-10-8-22(9-11-23)5-4-18-41-32-29(35)15-14-28(34)31(32)36/h3,6-11,14-15,25-27,37H,4-5,12-13,16-20H2,1-2H3. The van der Waals surface area contributed by atoms with Gasteiger partial charge in [0, 0.05) is 19.1 Å². The number of amides is 1. The van der Waals surface area contributed by atoms with Gasteiger partial charge in [0.05, 0.1) is 19.6 Å². The van der Waals surface area contributed by atoms with Gasteiger partial charge >= 0.3 is 0 Å². The lowest BCUT2D eigenvalue weighted by Crippen LogP contribution is -2.47. The van der Waals surface area contributed by atoms with E-state index in [2.05, 4.69) is 28.4 Å². The highest BCUT2D eigenvalue weighted by atomic mass is 19.2. The van der Waals surface area contributed by atoms with Gasteiger partial charge in [-0.2, -0.15) is 4.39 Å². The molecule has 1 saturated carbocycles. The van der Waals surface area contributed by atoms with E-state index in [0.717, 1.165) is 65.9 Å². The smallest absolute Gasteiger partial charge is 0.228 e. The highest BCUT2D eigenvalue weighted by Crippen LogP contribution is 2.37. The number of halogens is 3. The van der Waals surface area contributed by atoms with E-state index in [1.165, 1.54) is 0 Å². The summed E-state index contributed by atoms with van der Waals surface area (Å²) in [6, 6.07) is 16.1. The summed E-state index contributed by atoms with van der Waals surface area (Å²) < 4.78 is 51.7. The lowest BCUT2D eigenvalue weighted by molar-refractivity contribution is -0.138. The number of ether oxygens (including phenoxy) is 2. The van der Waals surface area contributed by atoms with Gasteiger partial charge in [0.15, 0.2) is 17.4 Å². The molecule has 0 bridgehead atoms. The van der Waals surface area contributed by atoms with Crippen molar-refractivity contribution in [2.75, 3.05) is 26.8 Å². The number of methoxy groups -OCH3 is 1. The molecule has 1 heterocycles. The van der Waals surface area contributed by atoms with Crippen LogP contribution < -0.4 is 14.8 Å². The number of carbonyl (C=O) groups excluding carboxylic acids is 1. The minimum atomic E-state index is -1.31. The molecule has 8 heteroatoms. The number of rotatable bonds is 11. The minimum absolute atomic E-state index is 0.0632. The number of piperidine rings is 1. The van der Waals surface area contributed by atoms with Gasteiger partial charge in [0.1, 0.15) is 5.75 Å². The zero-order chi connectivity index (χ0) is 28.9. The molecule has 5 rings (SSSR count). The Hall–Kier alpha value is -3.52. The van der Waals surface area contributed by atoms with Crippen molar-refractivity contribution < 1.29 is 27.4 Å². The van der Waals surface area contributed by atoms with Crippen LogP contribution in [0, 0.1) is 30.3 Å². The fraction of sp³-hybridized carbons (Fsp3) is 0.424. The van der Waals surface area contributed by atoms with E-state index in [1.54, 1.807) is 7.11 Å². The van der Waals surface area contributed by atoms with Crippen LogP contribution in [0.5, 0.6) is 11.5 Å². The predicted octanol–water partition coefficient (Wildman–Crippen LogP) is 6.32. The van der Waals surface area contributed by atoms with Crippen LogP contribution in [-0.4, -0.2) is 43.7 Å². The van der Waals surface area contributed by atoms with Gasteiger partial charge in [-0.15, -0.1) is 0 Å². The number of carbonyl (C=O) groups is 1. The van der Waals surface area contributed by atoms with Crippen LogP contribution in [-0.2, 0) is 17.8 Å². The second-order valence-electron chi connectivity index (χ2n) is 11.0. The molecule has 2 aliphatic rings. The van der Waals surface area contributed by atoms with Crippen LogP contribution >= 0.6 is 0 Å². The van der Waals surface area contributed by atoms with Gasteiger partial charge in [0.25, 0.3) is 0 Å². The maximum Gasteiger partial charge on any atom is 0.228 e. The molecule has 0 aromatic heterocycles. The molecule has 3 aromatic carbocycles. The van der Waals surface area contributed by atoms with E-state index < -0.39 is 23.2 Å². The van der Waals surface area contributed by atoms with Gasteiger partial charge in [0.2, 0.25) is 11.7 Å². The molecule has 2 fully saturated rings. The number of benzene rings is 3. The molecule has 2 unspecified atom stereocenters. The Morgan fingerprint density at radius 1 is 1.00 bits per heavy atom. The molecule has 3 aromatic rings. The van der Waals surface area contributed by atoms with E-state index in [1.807, 2.05) is 31.2 Å². The first-order valence-corrected chi connectivity index (χ1v) is 14.4.